The molecule has 0 spiro atoms. The Labute approximate surface area is 111 Å². The summed E-state index contributed by atoms with van der Waals surface area (Å²) in [5.41, 5.74) is 1.80. The van der Waals surface area contributed by atoms with Crippen LogP contribution in [0.2, 0.25) is 0 Å². The van der Waals surface area contributed by atoms with Gasteiger partial charge in [-0.05, 0) is 18.3 Å². The number of rotatable bonds is 1. The predicted octanol–water partition coefficient (Wildman–Crippen LogP) is 2.59. The first-order valence-electron chi connectivity index (χ1n) is 5.83. The SMILES string of the molecule is F[B-]1(F)n2cccc2C(c2nccs2)=C2C=CC=[N+]21. The highest BCUT2D eigenvalue weighted by Crippen LogP contribution is 2.38. The Kier molecular flexibility index (Phi) is 2.01. The van der Waals surface area contributed by atoms with Gasteiger partial charge in [0.1, 0.15) is 11.2 Å². The number of hydrogen-bond donors (Lipinski definition) is 0. The lowest BCUT2D eigenvalue weighted by molar-refractivity contribution is -0.356. The molecule has 2 aromatic rings. The smallest absolute Gasteiger partial charge is 0.396 e. The van der Waals surface area contributed by atoms with Gasteiger partial charge in [0.15, 0.2) is 5.70 Å². The fourth-order valence-corrected chi connectivity index (χ4v) is 3.28. The van der Waals surface area contributed by atoms with Crippen LogP contribution in [0.4, 0.5) is 8.63 Å². The van der Waals surface area contributed by atoms with Crippen molar-refractivity contribution in [3.05, 3.63) is 58.5 Å². The van der Waals surface area contributed by atoms with Crippen LogP contribution in [0.5, 0.6) is 0 Å². The number of halogens is 2. The minimum absolute atomic E-state index is 0.520. The molecule has 0 N–H and O–H groups in total. The maximum atomic E-state index is 14.4. The van der Waals surface area contributed by atoms with E-state index in [1.54, 1.807) is 30.5 Å². The molecule has 0 aromatic carbocycles. The van der Waals surface area contributed by atoms with E-state index in [0.717, 1.165) is 19.5 Å². The van der Waals surface area contributed by atoms with Gasteiger partial charge in [0.2, 0.25) is 0 Å². The van der Waals surface area contributed by atoms with E-state index in [2.05, 4.69) is 4.98 Å². The molecule has 4 heterocycles. The van der Waals surface area contributed by atoms with Crippen LogP contribution >= 0.6 is 11.3 Å². The van der Waals surface area contributed by atoms with Gasteiger partial charge < -0.3 is 17.6 Å². The van der Waals surface area contributed by atoms with E-state index >= 15 is 0 Å². The van der Waals surface area contributed by atoms with Crippen LogP contribution in [-0.2, 0) is 0 Å². The summed E-state index contributed by atoms with van der Waals surface area (Å²) in [6, 6.07) is 3.36. The van der Waals surface area contributed by atoms with Crippen molar-refractivity contribution >= 4 is 30.1 Å². The lowest BCUT2D eigenvalue weighted by Gasteiger charge is -2.30. The van der Waals surface area contributed by atoms with E-state index in [-0.39, 0.29) is 0 Å². The average Bonchev–Trinajstić information content (AvgIpc) is 3.11. The average molecular weight is 275 g/mol. The molecule has 3 nitrogen and oxygen atoms in total. The summed E-state index contributed by atoms with van der Waals surface area (Å²) in [5.74, 6) is 0. The molecular formula is C12H8BF2N3S. The molecule has 0 unspecified atom stereocenters. The normalized spacial score (nSPS) is 19.4. The summed E-state index contributed by atoms with van der Waals surface area (Å²) in [7, 11) is 0. The minimum atomic E-state index is -3.81. The van der Waals surface area contributed by atoms with Gasteiger partial charge in [-0.3, -0.25) is 0 Å². The topological polar surface area (TPSA) is 20.8 Å². The zero-order valence-electron chi connectivity index (χ0n) is 9.70. The highest BCUT2D eigenvalue weighted by molar-refractivity contribution is 7.10. The van der Waals surface area contributed by atoms with Gasteiger partial charge >= 0.3 is 6.97 Å². The van der Waals surface area contributed by atoms with Crippen molar-refractivity contribution < 1.29 is 13.1 Å². The molecule has 0 saturated heterocycles. The molecular weight excluding hydrogens is 267 g/mol. The van der Waals surface area contributed by atoms with E-state index in [0.29, 0.717) is 11.4 Å². The molecule has 0 saturated carbocycles. The first kappa shape index (κ1) is 10.9. The second-order valence-electron chi connectivity index (χ2n) is 4.40. The van der Waals surface area contributed by atoms with Crippen LogP contribution in [0.3, 0.4) is 0 Å². The number of fused-ring (bicyclic) bond motifs is 2. The van der Waals surface area contributed by atoms with Gasteiger partial charge in [-0.25, -0.2) is 4.98 Å². The Morgan fingerprint density at radius 1 is 1.37 bits per heavy atom. The number of aromatic nitrogens is 2. The Hall–Kier alpha value is -2.02. The van der Waals surface area contributed by atoms with Crippen molar-refractivity contribution in [2.75, 3.05) is 0 Å². The number of nitrogens with zero attached hydrogens (tertiary/aromatic N) is 3. The van der Waals surface area contributed by atoms with Crippen molar-refractivity contribution in [2.24, 2.45) is 0 Å². The lowest BCUT2D eigenvalue weighted by atomic mass is 9.89. The molecule has 2 aliphatic rings. The third-order valence-corrected chi connectivity index (χ3v) is 4.18. The van der Waals surface area contributed by atoms with Crippen LogP contribution < -0.4 is 0 Å². The molecule has 2 aliphatic heterocycles. The monoisotopic (exact) mass is 275 g/mol. The lowest BCUT2D eigenvalue weighted by Crippen LogP contribution is -2.49. The third kappa shape index (κ3) is 1.30. The highest BCUT2D eigenvalue weighted by atomic mass is 32.1. The van der Waals surface area contributed by atoms with Crippen LogP contribution in [0.15, 0.2) is 47.8 Å². The molecule has 0 bridgehead atoms. The standard InChI is InChI=1S/C12H8BF2N3S/c14-13(15)17-6-1-3-9(17)11(12-16-5-8-19-12)10-4-2-7-18(10)13/h1-8H. The minimum Gasteiger partial charge on any atom is -0.396 e. The van der Waals surface area contributed by atoms with Crippen LogP contribution in [-0.4, -0.2) is 27.1 Å². The number of hydrogen-bond acceptors (Lipinski definition) is 2. The molecule has 0 atom stereocenters. The Morgan fingerprint density at radius 2 is 2.26 bits per heavy atom. The summed E-state index contributed by atoms with van der Waals surface area (Å²) < 4.78 is 31.0. The van der Waals surface area contributed by atoms with E-state index in [1.165, 1.54) is 23.7 Å². The number of thiazole rings is 1. The van der Waals surface area contributed by atoms with Crippen molar-refractivity contribution in [3.8, 4) is 0 Å². The zero-order valence-corrected chi connectivity index (χ0v) is 10.5. The summed E-state index contributed by atoms with van der Waals surface area (Å²) in [5, 5.41) is 2.60. The van der Waals surface area contributed by atoms with Crippen molar-refractivity contribution in [3.63, 3.8) is 0 Å². The van der Waals surface area contributed by atoms with E-state index in [1.807, 2.05) is 5.38 Å². The van der Waals surface area contributed by atoms with Crippen LogP contribution in [0, 0.1) is 0 Å². The second kappa shape index (κ2) is 3.51. The number of allylic oxidation sites excluding steroid dienone is 2. The summed E-state index contributed by atoms with van der Waals surface area (Å²) in [4.78, 5) is 4.26. The third-order valence-electron chi connectivity index (χ3n) is 3.39. The van der Waals surface area contributed by atoms with E-state index < -0.39 is 6.97 Å². The molecule has 0 fully saturated rings. The fourth-order valence-electron chi connectivity index (χ4n) is 2.58. The summed E-state index contributed by atoms with van der Waals surface area (Å²) >= 11 is 1.45. The van der Waals surface area contributed by atoms with E-state index in [4.69, 9.17) is 0 Å². The van der Waals surface area contributed by atoms with Crippen molar-refractivity contribution in [1.82, 2.24) is 9.46 Å². The maximum Gasteiger partial charge on any atom is 0.737 e. The van der Waals surface area contributed by atoms with Gasteiger partial charge in [0.25, 0.3) is 0 Å². The zero-order chi connectivity index (χ0) is 13.0. The Morgan fingerprint density at radius 3 is 3.05 bits per heavy atom. The first-order valence-corrected chi connectivity index (χ1v) is 6.71. The summed E-state index contributed by atoms with van der Waals surface area (Å²) in [6.07, 6.45) is 7.89. The van der Waals surface area contributed by atoms with Crippen molar-refractivity contribution in [2.45, 2.75) is 0 Å². The molecule has 19 heavy (non-hydrogen) atoms. The van der Waals surface area contributed by atoms with Gasteiger partial charge in [-0.2, -0.15) is 0 Å². The van der Waals surface area contributed by atoms with Gasteiger partial charge in [0.05, 0.1) is 5.57 Å². The maximum absolute atomic E-state index is 14.4. The molecule has 2 aromatic heterocycles. The van der Waals surface area contributed by atoms with Gasteiger partial charge in [-0.1, -0.05) is 0 Å². The quantitative estimate of drug-likeness (QED) is 0.733. The molecule has 7 heteroatoms. The second-order valence-corrected chi connectivity index (χ2v) is 5.30. The molecule has 0 aliphatic carbocycles. The highest BCUT2D eigenvalue weighted by Gasteiger charge is 2.51. The first-order chi connectivity index (χ1) is 9.19. The largest absolute Gasteiger partial charge is 0.737 e. The van der Waals surface area contributed by atoms with Gasteiger partial charge in [-0.15, -0.1) is 11.3 Å². The van der Waals surface area contributed by atoms with Crippen molar-refractivity contribution in [1.29, 1.82) is 0 Å². The predicted molar refractivity (Wildman–Crippen MR) is 71.4 cm³/mol. The summed E-state index contributed by atoms with van der Waals surface area (Å²) in [6.45, 7) is -3.81. The fraction of sp³-hybridized carbons (Fsp3) is 0. The van der Waals surface area contributed by atoms with Crippen LogP contribution in [0.1, 0.15) is 10.7 Å². The molecule has 4 rings (SSSR count). The Balaban J connectivity index is 2.09. The Bertz CT molecular complexity index is 756. The van der Waals surface area contributed by atoms with E-state index in [9.17, 15) is 8.63 Å². The molecule has 0 radical (unpaired) electrons. The van der Waals surface area contributed by atoms with Crippen LogP contribution in [0.25, 0.3) is 5.57 Å². The molecule has 94 valence electrons. The van der Waals surface area contributed by atoms with Gasteiger partial charge in [0, 0.05) is 29.4 Å². The molecule has 0 amide bonds.